The first kappa shape index (κ1) is 36.9. The van der Waals surface area contributed by atoms with Crippen molar-refractivity contribution in [3.63, 3.8) is 0 Å². The molecule has 2 saturated heterocycles. The third-order valence-corrected chi connectivity index (χ3v) is 6.92. The first-order valence-electron chi connectivity index (χ1n) is 12.6. The highest BCUT2D eigenvalue weighted by Gasteiger charge is 2.56. The molecule has 2 fully saturated rings. The Bertz CT molecular complexity index is 1020. The molecule has 2 heterocycles. The van der Waals surface area contributed by atoms with Crippen molar-refractivity contribution in [1.82, 2.24) is 5.32 Å². The molecule has 0 spiro atoms. The number of carbonyl (C=O) groups is 2. The van der Waals surface area contributed by atoms with Gasteiger partial charge in [0.05, 0.1) is 18.3 Å². The van der Waals surface area contributed by atoms with Crippen LogP contribution in [0.15, 0.2) is 0 Å². The number of aliphatic carboxylic acids is 1. The lowest BCUT2D eigenvalue weighted by Gasteiger charge is -2.50. The monoisotopic (exact) mass is 653 g/mol. The van der Waals surface area contributed by atoms with E-state index in [0.717, 1.165) is 6.92 Å². The third kappa shape index (κ3) is 10.4. The van der Waals surface area contributed by atoms with Gasteiger partial charge in [-0.2, -0.15) is 8.42 Å². The number of nitrogens with one attached hydrogen (secondary N) is 1. The van der Waals surface area contributed by atoms with Gasteiger partial charge in [-0.1, -0.05) is 25.8 Å². The van der Waals surface area contributed by atoms with Crippen LogP contribution in [0, 0.1) is 5.41 Å². The molecule has 42 heavy (non-hydrogen) atoms. The van der Waals surface area contributed by atoms with Crippen LogP contribution in [0.5, 0.6) is 0 Å². The minimum Gasteiger partial charge on any atom is -0.479 e. The van der Waals surface area contributed by atoms with Gasteiger partial charge in [0.2, 0.25) is 5.91 Å². The zero-order chi connectivity index (χ0) is 32.2. The highest BCUT2D eigenvalue weighted by molar-refractivity contribution is 7.89. The third-order valence-electron chi connectivity index (χ3n) is 6.07. The van der Waals surface area contributed by atoms with E-state index in [1.165, 1.54) is 0 Å². The van der Waals surface area contributed by atoms with Crippen LogP contribution in [0.1, 0.15) is 48.5 Å². The summed E-state index contributed by atoms with van der Waals surface area (Å²) in [6.45, 7) is 10.1. The smallest absolute Gasteiger partial charge is 0.397 e. The quantitative estimate of drug-likeness (QED) is 0.0514. The van der Waals surface area contributed by atoms with Crippen LogP contribution in [0.25, 0.3) is 0 Å². The van der Waals surface area contributed by atoms with Gasteiger partial charge >= 0.3 is 16.4 Å². The Kier molecular flexibility index (Phi) is 12.9. The summed E-state index contributed by atoms with van der Waals surface area (Å²) in [6, 6.07) is -1.36. The van der Waals surface area contributed by atoms with Crippen molar-refractivity contribution in [2.75, 3.05) is 6.61 Å². The van der Waals surface area contributed by atoms with E-state index < -0.39 is 101 Å². The molecule has 20 heteroatoms. The van der Waals surface area contributed by atoms with Gasteiger partial charge in [0.1, 0.15) is 42.7 Å². The van der Waals surface area contributed by atoms with Crippen molar-refractivity contribution in [1.29, 1.82) is 0 Å². The molecule has 10 unspecified atom stereocenters. The molecule has 2 aliphatic heterocycles. The summed E-state index contributed by atoms with van der Waals surface area (Å²) in [5, 5.41) is 46.3. The van der Waals surface area contributed by atoms with E-state index in [4.69, 9.17) is 32.9 Å². The number of aliphatic hydroxyl groups is 2. The standard InChI is InChI=1S/C22H39NO17S2/c1-9(24)23-11-15(37-22(5,6)7)14(38-41-40-39-29)10(8-33-42(30,31)32)34-20(11)36-16-12(25)13(26)18(21(2,3)4)35-17(16)19(27)28/h10-18,20,25-26,29H,8H2,1-7H3,(H,23,24)(H,27,28)(H,30,31,32). The second-order valence-corrected chi connectivity index (χ2v) is 13.3. The van der Waals surface area contributed by atoms with E-state index >= 15 is 0 Å². The molecule has 0 aromatic carbocycles. The van der Waals surface area contributed by atoms with Gasteiger partial charge < -0.3 is 39.6 Å². The fourth-order valence-corrected chi connectivity index (χ4v) is 5.21. The average Bonchev–Trinajstić information content (AvgIpc) is 2.81. The average molecular weight is 654 g/mol. The number of amides is 1. The normalized spacial score (nSPS) is 34.6. The molecule has 0 aromatic rings. The second-order valence-electron chi connectivity index (χ2n) is 11.7. The van der Waals surface area contributed by atoms with Crippen LogP contribution in [-0.2, 0) is 56.7 Å². The van der Waals surface area contributed by atoms with Gasteiger partial charge in [-0.3, -0.25) is 13.5 Å². The molecule has 6 N–H and O–H groups in total. The Labute approximate surface area is 247 Å². The van der Waals surface area contributed by atoms with Gasteiger partial charge in [-0.05, 0) is 26.2 Å². The highest BCUT2D eigenvalue weighted by atomic mass is 32.3. The predicted molar refractivity (Wildman–Crippen MR) is 138 cm³/mol. The minimum atomic E-state index is -5.02. The molecule has 0 bridgehead atoms. The van der Waals surface area contributed by atoms with Crippen LogP contribution in [0.4, 0.5) is 0 Å². The molecule has 246 valence electrons. The van der Waals surface area contributed by atoms with E-state index in [-0.39, 0.29) is 12.3 Å². The summed E-state index contributed by atoms with van der Waals surface area (Å²) >= 11 is 0.0679. The van der Waals surface area contributed by atoms with Crippen molar-refractivity contribution in [2.24, 2.45) is 5.41 Å². The zero-order valence-electron chi connectivity index (χ0n) is 23.9. The molecule has 2 aliphatic rings. The van der Waals surface area contributed by atoms with Crippen molar-refractivity contribution in [2.45, 2.75) is 115 Å². The van der Waals surface area contributed by atoms with Gasteiger partial charge in [-0.25, -0.2) is 14.2 Å². The van der Waals surface area contributed by atoms with Crippen molar-refractivity contribution in [3.8, 4) is 0 Å². The molecule has 0 saturated carbocycles. The first-order valence-corrected chi connectivity index (χ1v) is 14.6. The predicted octanol–water partition coefficient (Wildman–Crippen LogP) is -0.406. The summed E-state index contributed by atoms with van der Waals surface area (Å²) < 4.78 is 69.5. The number of carbonyl (C=O) groups excluding carboxylic acids is 1. The van der Waals surface area contributed by atoms with E-state index in [9.17, 15) is 33.3 Å². The van der Waals surface area contributed by atoms with Gasteiger partial charge in [0, 0.05) is 6.92 Å². The maximum Gasteiger partial charge on any atom is 0.397 e. The summed E-state index contributed by atoms with van der Waals surface area (Å²) in [7, 11) is -5.02. The molecule has 2 rings (SSSR count). The van der Waals surface area contributed by atoms with Gasteiger partial charge in [0.25, 0.3) is 0 Å². The Morgan fingerprint density at radius 3 is 2.10 bits per heavy atom. The van der Waals surface area contributed by atoms with Crippen LogP contribution >= 0.6 is 12.3 Å². The van der Waals surface area contributed by atoms with Gasteiger partial charge in [-0.15, -0.1) is 4.33 Å². The Balaban J connectivity index is 2.57. The van der Waals surface area contributed by atoms with Gasteiger partial charge in [0.15, 0.2) is 24.7 Å². The minimum absolute atomic E-state index is 0.0679. The highest BCUT2D eigenvalue weighted by Crippen LogP contribution is 2.37. The largest absolute Gasteiger partial charge is 0.479 e. The summed E-state index contributed by atoms with van der Waals surface area (Å²) in [4.78, 5) is 24.5. The molecular formula is C22H39NO17S2. The molecule has 1 amide bonds. The van der Waals surface area contributed by atoms with Crippen LogP contribution in [0.3, 0.4) is 0 Å². The molecule has 0 aliphatic carbocycles. The summed E-state index contributed by atoms with van der Waals surface area (Å²) in [6.07, 6.45) is -14.2. The SMILES string of the molecule is CC(=O)NC1C(OC2C(C(=O)O)OC(C(C)(C)C)C(O)C2O)OC(COS(=O)(=O)O)C(OSOOO)C1OC(C)(C)C. The van der Waals surface area contributed by atoms with E-state index in [2.05, 4.69) is 18.9 Å². The van der Waals surface area contributed by atoms with Crippen molar-refractivity contribution in [3.05, 3.63) is 0 Å². The van der Waals surface area contributed by atoms with E-state index in [1.54, 1.807) is 41.5 Å². The Morgan fingerprint density at radius 1 is 1.00 bits per heavy atom. The number of hydrogen-bond acceptors (Lipinski definition) is 16. The molecule has 10 atom stereocenters. The van der Waals surface area contributed by atoms with Crippen LogP contribution in [-0.4, -0.2) is 119 Å². The Morgan fingerprint density at radius 2 is 1.62 bits per heavy atom. The lowest BCUT2D eigenvalue weighted by molar-refractivity contribution is -0.435. The number of aliphatic hydroxyl groups excluding tert-OH is 2. The molecule has 0 aromatic heterocycles. The lowest BCUT2D eigenvalue weighted by Crippen LogP contribution is -2.69. The topological polar surface area (TPSA) is 255 Å². The maximum absolute atomic E-state index is 12.3. The summed E-state index contributed by atoms with van der Waals surface area (Å²) in [5.74, 6) is -2.18. The van der Waals surface area contributed by atoms with Crippen LogP contribution < -0.4 is 5.32 Å². The number of rotatable bonds is 12. The van der Waals surface area contributed by atoms with E-state index in [1.807, 2.05) is 0 Å². The number of ether oxygens (including phenoxy) is 4. The maximum atomic E-state index is 12.3. The van der Waals surface area contributed by atoms with E-state index in [0.29, 0.717) is 0 Å². The number of carboxylic acid groups (broad SMARTS) is 1. The fourth-order valence-electron chi connectivity index (χ4n) is 4.52. The Hall–Kier alpha value is -1.24. The van der Waals surface area contributed by atoms with Crippen LogP contribution in [0.2, 0.25) is 0 Å². The van der Waals surface area contributed by atoms with Crippen molar-refractivity contribution < 1.29 is 79.8 Å². The summed E-state index contributed by atoms with van der Waals surface area (Å²) in [5.41, 5.74) is -1.78. The fraction of sp³-hybridized carbons (Fsp3) is 0.909. The lowest BCUT2D eigenvalue weighted by atomic mass is 9.80. The van der Waals surface area contributed by atoms with Crippen molar-refractivity contribution >= 4 is 34.6 Å². The number of hydrogen-bond donors (Lipinski definition) is 6. The molecule has 18 nitrogen and oxygen atoms in total. The number of carboxylic acids is 1. The second kappa shape index (κ2) is 14.7. The first-order chi connectivity index (χ1) is 19.2. The molecule has 0 radical (unpaired) electrons. The zero-order valence-corrected chi connectivity index (χ0v) is 25.6. The molecular weight excluding hydrogens is 614 g/mol.